The number of carbonyl (C=O) groups excluding carboxylic acids is 1. The first-order chi connectivity index (χ1) is 7.43. The number of ether oxygens (including phenoxy) is 2. The maximum Gasteiger partial charge on any atom is 0.308 e. The number of carbonyl (C=O) groups is 1. The Labute approximate surface area is 95.7 Å². The van der Waals surface area contributed by atoms with Gasteiger partial charge in [0.2, 0.25) is 0 Å². The molecule has 3 nitrogen and oxygen atoms in total. The fourth-order valence-electron chi connectivity index (χ4n) is 1.09. The molecule has 0 saturated carbocycles. The Morgan fingerprint density at radius 2 is 1.75 bits per heavy atom. The van der Waals surface area contributed by atoms with Crippen LogP contribution in [-0.2, 0) is 4.79 Å². The predicted molar refractivity (Wildman–Crippen MR) is 62.7 cm³/mol. The van der Waals surface area contributed by atoms with E-state index in [0.29, 0.717) is 11.5 Å². The Morgan fingerprint density at radius 1 is 1.25 bits per heavy atom. The summed E-state index contributed by atoms with van der Waals surface area (Å²) in [5.41, 5.74) is -0.414. The van der Waals surface area contributed by atoms with Gasteiger partial charge >= 0.3 is 5.97 Å². The van der Waals surface area contributed by atoms with Crippen molar-refractivity contribution in [2.24, 2.45) is 0 Å². The molecule has 0 fully saturated rings. The number of hydrogen-bond acceptors (Lipinski definition) is 3. The molecule has 0 amide bonds. The fraction of sp³-hybridized carbons (Fsp3) is 0.308. The lowest BCUT2D eigenvalue weighted by atomic mass is 10.1. The zero-order chi connectivity index (χ0) is 12.2. The molecular formula is C13H16O3. The summed E-state index contributed by atoms with van der Waals surface area (Å²) in [6.07, 6.45) is 1.73. The SMILES string of the molecule is C=CC(C)(C)Oc1ccc(OC(C)=O)cc1. The van der Waals surface area contributed by atoms with Gasteiger partial charge in [-0.05, 0) is 44.2 Å². The van der Waals surface area contributed by atoms with Crippen molar-refractivity contribution >= 4 is 5.97 Å². The lowest BCUT2D eigenvalue weighted by molar-refractivity contribution is -0.131. The van der Waals surface area contributed by atoms with Crippen LogP contribution in [-0.4, -0.2) is 11.6 Å². The normalized spacial score (nSPS) is 10.7. The van der Waals surface area contributed by atoms with E-state index in [0.717, 1.165) is 0 Å². The third-order valence-corrected chi connectivity index (χ3v) is 1.96. The highest BCUT2D eigenvalue weighted by Gasteiger charge is 2.14. The van der Waals surface area contributed by atoms with E-state index in [1.807, 2.05) is 13.8 Å². The Balaban J connectivity index is 2.71. The minimum atomic E-state index is -0.414. The molecule has 0 aromatic heterocycles. The van der Waals surface area contributed by atoms with Crippen LogP contribution in [0.4, 0.5) is 0 Å². The monoisotopic (exact) mass is 220 g/mol. The molecule has 0 radical (unpaired) electrons. The van der Waals surface area contributed by atoms with Crippen molar-refractivity contribution in [1.29, 1.82) is 0 Å². The number of hydrogen-bond donors (Lipinski definition) is 0. The standard InChI is InChI=1S/C13H16O3/c1-5-13(3,4)16-12-8-6-11(7-9-12)15-10(2)14/h5-9H,1H2,2-4H3. The van der Waals surface area contributed by atoms with Gasteiger partial charge in [-0.15, -0.1) is 0 Å². The molecule has 0 spiro atoms. The molecule has 1 rings (SSSR count). The molecule has 3 heteroatoms. The van der Waals surface area contributed by atoms with Gasteiger partial charge in [0.15, 0.2) is 0 Å². The van der Waals surface area contributed by atoms with E-state index in [1.165, 1.54) is 6.92 Å². The topological polar surface area (TPSA) is 35.5 Å². The molecule has 0 heterocycles. The predicted octanol–water partition coefficient (Wildman–Crippen LogP) is 2.96. The van der Waals surface area contributed by atoms with Crippen molar-refractivity contribution in [1.82, 2.24) is 0 Å². The zero-order valence-corrected chi connectivity index (χ0v) is 9.82. The van der Waals surface area contributed by atoms with Crippen LogP contribution in [0.1, 0.15) is 20.8 Å². The van der Waals surface area contributed by atoms with Crippen LogP contribution in [0.25, 0.3) is 0 Å². The van der Waals surface area contributed by atoms with Gasteiger partial charge in [0.1, 0.15) is 17.1 Å². The van der Waals surface area contributed by atoms with Crippen molar-refractivity contribution in [2.45, 2.75) is 26.4 Å². The summed E-state index contributed by atoms with van der Waals surface area (Å²) in [4.78, 5) is 10.7. The highest BCUT2D eigenvalue weighted by Crippen LogP contribution is 2.22. The van der Waals surface area contributed by atoms with Gasteiger partial charge in [-0.3, -0.25) is 4.79 Å². The van der Waals surface area contributed by atoms with Gasteiger partial charge in [-0.25, -0.2) is 0 Å². The minimum Gasteiger partial charge on any atom is -0.484 e. The van der Waals surface area contributed by atoms with Crippen molar-refractivity contribution in [3.05, 3.63) is 36.9 Å². The highest BCUT2D eigenvalue weighted by molar-refractivity contribution is 5.69. The van der Waals surface area contributed by atoms with E-state index >= 15 is 0 Å². The van der Waals surface area contributed by atoms with Crippen molar-refractivity contribution in [3.8, 4) is 11.5 Å². The largest absolute Gasteiger partial charge is 0.484 e. The minimum absolute atomic E-state index is 0.333. The van der Waals surface area contributed by atoms with Crippen LogP contribution >= 0.6 is 0 Å². The molecule has 1 aromatic rings. The Hall–Kier alpha value is -1.77. The first-order valence-electron chi connectivity index (χ1n) is 5.04. The first-order valence-corrected chi connectivity index (χ1v) is 5.04. The molecule has 0 bridgehead atoms. The maximum absolute atomic E-state index is 10.7. The molecular weight excluding hydrogens is 204 g/mol. The molecule has 0 N–H and O–H groups in total. The Kier molecular flexibility index (Phi) is 3.72. The van der Waals surface area contributed by atoms with Gasteiger partial charge in [0, 0.05) is 6.92 Å². The summed E-state index contributed by atoms with van der Waals surface area (Å²) in [5, 5.41) is 0. The van der Waals surface area contributed by atoms with Crippen molar-refractivity contribution in [3.63, 3.8) is 0 Å². The summed E-state index contributed by atoms with van der Waals surface area (Å²) >= 11 is 0. The molecule has 0 aliphatic heterocycles. The summed E-state index contributed by atoms with van der Waals surface area (Å²) < 4.78 is 10.6. The summed E-state index contributed by atoms with van der Waals surface area (Å²) in [6.45, 7) is 8.89. The molecule has 1 aromatic carbocycles. The summed E-state index contributed by atoms with van der Waals surface area (Å²) in [6, 6.07) is 6.89. The smallest absolute Gasteiger partial charge is 0.308 e. The summed E-state index contributed by atoms with van der Waals surface area (Å²) in [7, 11) is 0. The van der Waals surface area contributed by atoms with Crippen LogP contribution in [0.5, 0.6) is 11.5 Å². The molecule has 0 aliphatic rings. The Morgan fingerprint density at radius 3 is 2.19 bits per heavy atom. The molecule has 16 heavy (non-hydrogen) atoms. The van der Waals surface area contributed by atoms with Gasteiger partial charge in [-0.2, -0.15) is 0 Å². The third kappa shape index (κ3) is 3.77. The van der Waals surface area contributed by atoms with Crippen LogP contribution in [0.15, 0.2) is 36.9 Å². The van der Waals surface area contributed by atoms with Gasteiger partial charge in [-0.1, -0.05) is 6.58 Å². The van der Waals surface area contributed by atoms with Crippen LogP contribution < -0.4 is 9.47 Å². The van der Waals surface area contributed by atoms with E-state index in [9.17, 15) is 4.79 Å². The average molecular weight is 220 g/mol. The second-order valence-electron chi connectivity index (χ2n) is 3.97. The van der Waals surface area contributed by atoms with Gasteiger partial charge < -0.3 is 9.47 Å². The third-order valence-electron chi connectivity index (χ3n) is 1.96. The van der Waals surface area contributed by atoms with Crippen molar-refractivity contribution < 1.29 is 14.3 Å². The fourth-order valence-corrected chi connectivity index (χ4v) is 1.09. The highest BCUT2D eigenvalue weighted by atomic mass is 16.5. The molecule has 86 valence electrons. The average Bonchev–Trinajstić information content (AvgIpc) is 2.20. The maximum atomic E-state index is 10.7. The molecule has 0 atom stereocenters. The van der Waals surface area contributed by atoms with Gasteiger partial charge in [0.05, 0.1) is 0 Å². The van der Waals surface area contributed by atoms with Crippen LogP contribution in [0.3, 0.4) is 0 Å². The first kappa shape index (κ1) is 12.3. The van der Waals surface area contributed by atoms with Crippen molar-refractivity contribution in [2.75, 3.05) is 0 Å². The number of esters is 1. The van der Waals surface area contributed by atoms with E-state index < -0.39 is 5.60 Å². The second kappa shape index (κ2) is 4.84. The Bertz CT molecular complexity index is 377. The summed E-state index contributed by atoms with van der Waals surface area (Å²) in [5.74, 6) is 0.886. The van der Waals surface area contributed by atoms with Gasteiger partial charge in [0.25, 0.3) is 0 Å². The molecule has 0 unspecified atom stereocenters. The van der Waals surface area contributed by atoms with Crippen LogP contribution in [0, 0.1) is 0 Å². The lowest BCUT2D eigenvalue weighted by Crippen LogP contribution is -2.24. The lowest BCUT2D eigenvalue weighted by Gasteiger charge is -2.22. The van der Waals surface area contributed by atoms with E-state index in [4.69, 9.17) is 9.47 Å². The second-order valence-corrected chi connectivity index (χ2v) is 3.97. The van der Waals surface area contributed by atoms with Crippen LogP contribution in [0.2, 0.25) is 0 Å². The molecule has 0 saturated heterocycles. The molecule has 0 aliphatic carbocycles. The number of benzene rings is 1. The van der Waals surface area contributed by atoms with E-state index in [2.05, 4.69) is 6.58 Å². The quantitative estimate of drug-likeness (QED) is 0.444. The number of rotatable bonds is 4. The van der Waals surface area contributed by atoms with E-state index in [1.54, 1.807) is 30.3 Å². The van der Waals surface area contributed by atoms with E-state index in [-0.39, 0.29) is 5.97 Å². The zero-order valence-electron chi connectivity index (χ0n) is 9.82.